The Balaban J connectivity index is 1.36. The Morgan fingerprint density at radius 2 is 2.22 bits per heavy atom. The van der Waals surface area contributed by atoms with Gasteiger partial charge in [0.05, 0.1) is 5.56 Å². The van der Waals surface area contributed by atoms with Gasteiger partial charge < -0.3 is 15.4 Å². The lowest BCUT2D eigenvalue weighted by atomic mass is 9.60. The number of thiazole rings is 1. The van der Waals surface area contributed by atoms with Crippen molar-refractivity contribution in [1.82, 2.24) is 10.3 Å². The van der Waals surface area contributed by atoms with Gasteiger partial charge in [0.1, 0.15) is 5.75 Å². The molecular weight excluding hydrogens is 362 g/mol. The van der Waals surface area contributed by atoms with E-state index in [2.05, 4.69) is 15.6 Å². The molecule has 4 aliphatic rings. The highest BCUT2D eigenvalue weighted by Crippen LogP contribution is 2.52. The van der Waals surface area contributed by atoms with Gasteiger partial charge in [-0.1, -0.05) is 12.1 Å². The molecule has 3 aliphatic carbocycles. The number of carbonyl (C=O) groups is 2. The van der Waals surface area contributed by atoms with Crippen LogP contribution in [0.15, 0.2) is 30.5 Å². The first-order valence-corrected chi connectivity index (χ1v) is 10.2. The van der Waals surface area contributed by atoms with Crippen molar-refractivity contribution < 1.29 is 14.3 Å². The Morgan fingerprint density at radius 1 is 1.37 bits per heavy atom. The number of nitrogens with one attached hydrogen (secondary N) is 2. The second-order valence-corrected chi connectivity index (χ2v) is 9.02. The number of para-hydroxylation sites is 1. The molecule has 2 bridgehead atoms. The summed E-state index contributed by atoms with van der Waals surface area (Å²) in [6.45, 7) is 1.97. The minimum Gasteiger partial charge on any atom is -0.467 e. The molecule has 1 aliphatic heterocycles. The van der Waals surface area contributed by atoms with Crippen molar-refractivity contribution in [2.75, 3.05) is 5.32 Å². The van der Waals surface area contributed by atoms with Crippen LogP contribution in [0.25, 0.3) is 0 Å². The van der Waals surface area contributed by atoms with Crippen LogP contribution in [0.1, 0.15) is 40.9 Å². The van der Waals surface area contributed by atoms with Gasteiger partial charge in [-0.25, -0.2) is 4.98 Å². The average Bonchev–Trinajstić information content (AvgIpc) is 3.06. The van der Waals surface area contributed by atoms with E-state index in [-0.39, 0.29) is 29.6 Å². The van der Waals surface area contributed by atoms with Crippen LogP contribution in [-0.4, -0.2) is 22.5 Å². The summed E-state index contributed by atoms with van der Waals surface area (Å²) < 4.78 is 6.34. The van der Waals surface area contributed by atoms with E-state index in [9.17, 15) is 9.59 Å². The van der Waals surface area contributed by atoms with E-state index in [0.29, 0.717) is 22.9 Å². The van der Waals surface area contributed by atoms with Crippen LogP contribution < -0.4 is 15.4 Å². The number of fused-ring (bicyclic) bond motifs is 3. The van der Waals surface area contributed by atoms with E-state index in [1.165, 1.54) is 11.3 Å². The Bertz CT molecular complexity index is 927. The third-order valence-electron chi connectivity index (χ3n) is 6.16. The molecule has 4 atom stereocenters. The summed E-state index contributed by atoms with van der Waals surface area (Å²) in [4.78, 5) is 30.8. The molecule has 27 heavy (non-hydrogen) atoms. The normalized spacial score (nSPS) is 31.1. The lowest BCUT2D eigenvalue weighted by Gasteiger charge is -2.55. The molecule has 6 nitrogen and oxygen atoms in total. The van der Waals surface area contributed by atoms with Crippen molar-refractivity contribution in [3.8, 4) is 5.75 Å². The Labute approximate surface area is 161 Å². The van der Waals surface area contributed by atoms with Gasteiger partial charge in [-0.3, -0.25) is 9.59 Å². The SMILES string of the molecule is Cc1cnc(NC(=O)[C@@H]2C[C@@H]3CC[C@@H]2C[C@@]32NC(=O)c3ccccc3O2)s1. The average molecular weight is 383 g/mol. The van der Waals surface area contributed by atoms with Crippen molar-refractivity contribution in [3.63, 3.8) is 0 Å². The molecule has 3 fully saturated rings. The third-order valence-corrected chi connectivity index (χ3v) is 6.98. The van der Waals surface area contributed by atoms with Crippen LogP contribution in [0.5, 0.6) is 5.75 Å². The monoisotopic (exact) mass is 383 g/mol. The van der Waals surface area contributed by atoms with Gasteiger partial charge >= 0.3 is 0 Å². The first-order chi connectivity index (χ1) is 13.0. The molecule has 2 heterocycles. The van der Waals surface area contributed by atoms with E-state index in [1.54, 1.807) is 12.3 Å². The van der Waals surface area contributed by atoms with Crippen LogP contribution in [0, 0.1) is 24.7 Å². The smallest absolute Gasteiger partial charge is 0.258 e. The van der Waals surface area contributed by atoms with E-state index >= 15 is 0 Å². The summed E-state index contributed by atoms with van der Waals surface area (Å²) in [6.07, 6.45) is 5.12. The number of aryl methyl sites for hydroxylation is 1. The first-order valence-electron chi connectivity index (χ1n) is 9.38. The van der Waals surface area contributed by atoms with E-state index < -0.39 is 5.72 Å². The molecule has 0 saturated heterocycles. The van der Waals surface area contributed by atoms with Crippen LogP contribution in [0.4, 0.5) is 5.13 Å². The van der Waals surface area contributed by atoms with Crippen molar-refractivity contribution in [2.24, 2.45) is 17.8 Å². The molecule has 2 N–H and O–H groups in total. The first kappa shape index (κ1) is 16.7. The number of rotatable bonds is 2. The van der Waals surface area contributed by atoms with Crippen LogP contribution in [-0.2, 0) is 4.79 Å². The van der Waals surface area contributed by atoms with Gasteiger partial charge in [0.15, 0.2) is 10.9 Å². The van der Waals surface area contributed by atoms with Crippen LogP contribution >= 0.6 is 11.3 Å². The maximum absolute atomic E-state index is 12.8. The fraction of sp³-hybridized carbons (Fsp3) is 0.450. The maximum Gasteiger partial charge on any atom is 0.258 e. The minimum absolute atomic E-state index is 0.0384. The molecule has 7 heteroatoms. The molecule has 0 radical (unpaired) electrons. The number of hydrogen-bond donors (Lipinski definition) is 2. The van der Waals surface area contributed by atoms with Gasteiger partial charge in [0, 0.05) is 29.3 Å². The van der Waals surface area contributed by atoms with E-state index in [4.69, 9.17) is 4.74 Å². The van der Waals surface area contributed by atoms with Gasteiger partial charge in [-0.05, 0) is 44.2 Å². The number of ether oxygens (including phenoxy) is 1. The second kappa shape index (κ2) is 6.05. The van der Waals surface area contributed by atoms with Gasteiger partial charge in [-0.2, -0.15) is 0 Å². The predicted molar refractivity (Wildman–Crippen MR) is 102 cm³/mol. The zero-order valence-electron chi connectivity index (χ0n) is 15.0. The molecule has 2 aromatic rings. The van der Waals surface area contributed by atoms with Gasteiger partial charge in [0.2, 0.25) is 5.91 Å². The summed E-state index contributed by atoms with van der Waals surface area (Å²) >= 11 is 1.49. The summed E-state index contributed by atoms with van der Waals surface area (Å²) in [5.74, 6) is 0.875. The molecular formula is C20H21N3O3S. The summed E-state index contributed by atoms with van der Waals surface area (Å²) in [5, 5.41) is 6.76. The summed E-state index contributed by atoms with van der Waals surface area (Å²) in [5.41, 5.74) is -0.0962. The number of amides is 2. The molecule has 140 valence electrons. The predicted octanol–water partition coefficient (Wildman–Crippen LogP) is 3.34. The van der Waals surface area contributed by atoms with Gasteiger partial charge in [0.25, 0.3) is 5.91 Å². The molecule has 1 spiro atoms. The molecule has 1 aromatic heterocycles. The second-order valence-electron chi connectivity index (χ2n) is 7.79. The molecule has 2 amide bonds. The molecule has 1 aromatic carbocycles. The number of carbonyl (C=O) groups excluding carboxylic acids is 2. The fourth-order valence-electron chi connectivity index (χ4n) is 4.89. The quantitative estimate of drug-likeness (QED) is 0.833. The topological polar surface area (TPSA) is 80.3 Å². The number of hydrogen-bond acceptors (Lipinski definition) is 5. The van der Waals surface area contributed by atoms with Crippen molar-refractivity contribution >= 4 is 28.3 Å². The Morgan fingerprint density at radius 3 is 2.96 bits per heavy atom. The van der Waals surface area contributed by atoms with Crippen molar-refractivity contribution in [1.29, 1.82) is 0 Å². The van der Waals surface area contributed by atoms with Crippen molar-refractivity contribution in [3.05, 3.63) is 40.9 Å². The Kier molecular flexibility index (Phi) is 3.75. The van der Waals surface area contributed by atoms with Crippen LogP contribution in [0.2, 0.25) is 0 Å². The maximum atomic E-state index is 12.8. The molecule has 3 saturated carbocycles. The number of benzene rings is 1. The largest absolute Gasteiger partial charge is 0.467 e. The zero-order valence-corrected chi connectivity index (χ0v) is 15.8. The minimum atomic E-state index is -0.678. The molecule has 6 rings (SSSR count). The summed E-state index contributed by atoms with van der Waals surface area (Å²) in [7, 11) is 0. The highest BCUT2D eigenvalue weighted by Gasteiger charge is 2.57. The number of aromatic nitrogens is 1. The molecule has 0 unspecified atom stereocenters. The fourth-order valence-corrected chi connectivity index (χ4v) is 5.56. The Hall–Kier alpha value is -2.41. The zero-order chi connectivity index (χ0) is 18.6. The standard InChI is InChI=1S/C20H21N3O3S/c1-11-10-21-19(27-11)22-17(24)15-8-13-7-6-12(15)9-20(13)23-18(25)14-4-2-3-5-16(14)26-20/h2-5,10,12-13,15H,6-9H2,1H3,(H,23,25)(H,21,22,24)/t12-,13+,15-,20+/m1/s1. The van der Waals surface area contributed by atoms with E-state index in [0.717, 1.165) is 24.1 Å². The lowest BCUT2D eigenvalue weighted by molar-refractivity contribution is -0.142. The third kappa shape index (κ3) is 2.72. The highest BCUT2D eigenvalue weighted by atomic mass is 32.1. The lowest BCUT2D eigenvalue weighted by Crippen LogP contribution is -2.66. The van der Waals surface area contributed by atoms with Gasteiger partial charge in [-0.15, -0.1) is 11.3 Å². The van der Waals surface area contributed by atoms with Crippen molar-refractivity contribution in [2.45, 2.75) is 38.3 Å². The van der Waals surface area contributed by atoms with Crippen LogP contribution in [0.3, 0.4) is 0 Å². The highest BCUT2D eigenvalue weighted by molar-refractivity contribution is 7.15. The number of nitrogens with zero attached hydrogens (tertiary/aromatic N) is 1. The van der Waals surface area contributed by atoms with E-state index in [1.807, 2.05) is 25.1 Å². The summed E-state index contributed by atoms with van der Waals surface area (Å²) in [6, 6.07) is 7.37. The number of anilines is 1.